The van der Waals surface area contributed by atoms with E-state index in [1.807, 2.05) is 41.9 Å². The van der Waals surface area contributed by atoms with Crippen molar-refractivity contribution in [3.8, 4) is 17.3 Å². The summed E-state index contributed by atoms with van der Waals surface area (Å²) in [6, 6.07) is 9.14. The van der Waals surface area contributed by atoms with Crippen LogP contribution < -0.4 is 5.73 Å². The normalized spacial score (nSPS) is 15.8. The fraction of sp³-hybridized carbons (Fsp3) is 0.273. The van der Waals surface area contributed by atoms with Gasteiger partial charge in [-0.15, -0.1) is 0 Å². The first-order valence-electron chi connectivity index (χ1n) is 9.53. The third-order valence-corrected chi connectivity index (χ3v) is 5.35. The Morgan fingerprint density at radius 1 is 1.37 bits per heavy atom. The van der Waals surface area contributed by atoms with Gasteiger partial charge < -0.3 is 10.1 Å². The van der Waals surface area contributed by atoms with Gasteiger partial charge in [0.15, 0.2) is 0 Å². The van der Waals surface area contributed by atoms with Crippen molar-refractivity contribution in [1.29, 1.82) is 5.26 Å². The minimum Gasteiger partial charge on any atom is -0.404 e. The topological polar surface area (TPSA) is 92.4 Å². The minimum atomic E-state index is -2.38. The number of nitrogens with zero attached hydrogens (tertiary/aromatic N) is 5. The molecule has 30 heavy (non-hydrogen) atoms. The lowest BCUT2D eigenvalue weighted by atomic mass is 10.00. The number of nitriles is 1. The number of rotatable bonds is 6. The summed E-state index contributed by atoms with van der Waals surface area (Å²) in [7, 11) is 0. The van der Waals surface area contributed by atoms with Gasteiger partial charge in [-0.05, 0) is 44.0 Å². The second-order valence-electron chi connectivity index (χ2n) is 7.52. The number of pyridine rings is 2. The van der Waals surface area contributed by atoms with Crippen molar-refractivity contribution in [1.82, 2.24) is 14.4 Å². The number of imidazole rings is 1. The summed E-state index contributed by atoms with van der Waals surface area (Å²) in [5, 5.41) is 9.29. The number of hydrogen-bond acceptors (Lipinski definition) is 5. The molecule has 152 valence electrons. The minimum absolute atomic E-state index is 0.0559. The molecule has 4 rings (SSSR count). The Kier molecular flexibility index (Phi) is 5.04. The van der Waals surface area contributed by atoms with Crippen molar-refractivity contribution in [2.75, 3.05) is 6.54 Å². The van der Waals surface area contributed by atoms with Gasteiger partial charge in [0.25, 0.3) is 0 Å². The number of alkyl halides is 2. The first-order chi connectivity index (χ1) is 14.5. The quantitative estimate of drug-likeness (QED) is 0.627. The van der Waals surface area contributed by atoms with E-state index in [-0.39, 0.29) is 12.2 Å². The highest BCUT2D eigenvalue weighted by Crippen LogP contribution is 2.50. The van der Waals surface area contributed by atoms with E-state index in [9.17, 15) is 14.0 Å². The summed E-state index contributed by atoms with van der Waals surface area (Å²) < 4.78 is 28.2. The SMILES string of the molecule is Cc1cn2ccc(-c3nc(C#N)ccc3C(C=NCC3(C(F)F)CC3)=CN)cc2n1. The fourth-order valence-corrected chi connectivity index (χ4v) is 3.36. The smallest absolute Gasteiger partial charge is 0.245 e. The van der Waals surface area contributed by atoms with Crippen LogP contribution in [0.1, 0.15) is 29.8 Å². The number of halogens is 2. The average molecular weight is 406 g/mol. The van der Waals surface area contributed by atoms with Crippen LogP contribution in [0.4, 0.5) is 8.78 Å². The summed E-state index contributed by atoms with van der Waals surface area (Å²) in [6.07, 6.45) is 5.25. The van der Waals surface area contributed by atoms with Gasteiger partial charge in [-0.3, -0.25) is 4.99 Å². The molecule has 0 radical (unpaired) electrons. The van der Waals surface area contributed by atoms with Crippen molar-refractivity contribution >= 4 is 17.4 Å². The maximum absolute atomic E-state index is 13.1. The summed E-state index contributed by atoms with van der Waals surface area (Å²) in [6.45, 7) is 1.96. The molecule has 8 heteroatoms. The predicted octanol–water partition coefficient (Wildman–Crippen LogP) is 3.99. The summed E-state index contributed by atoms with van der Waals surface area (Å²) in [5.74, 6) is 0. The van der Waals surface area contributed by atoms with Crippen LogP contribution in [0.3, 0.4) is 0 Å². The van der Waals surface area contributed by atoms with E-state index in [0.717, 1.165) is 16.9 Å². The fourth-order valence-electron chi connectivity index (χ4n) is 3.36. The summed E-state index contributed by atoms with van der Waals surface area (Å²) in [4.78, 5) is 13.2. The molecular weight excluding hydrogens is 386 g/mol. The molecule has 0 atom stereocenters. The van der Waals surface area contributed by atoms with Crippen LogP contribution >= 0.6 is 0 Å². The van der Waals surface area contributed by atoms with Crippen LogP contribution in [0.15, 0.2) is 47.9 Å². The molecule has 0 bridgehead atoms. The van der Waals surface area contributed by atoms with Crippen LogP contribution in [0.2, 0.25) is 0 Å². The molecule has 0 unspecified atom stereocenters. The largest absolute Gasteiger partial charge is 0.404 e. The van der Waals surface area contributed by atoms with E-state index in [2.05, 4.69) is 15.0 Å². The zero-order chi connectivity index (χ0) is 21.3. The van der Waals surface area contributed by atoms with Gasteiger partial charge >= 0.3 is 0 Å². The lowest BCUT2D eigenvalue weighted by molar-refractivity contribution is 0.0668. The lowest BCUT2D eigenvalue weighted by Crippen LogP contribution is -2.16. The molecule has 1 aliphatic rings. The number of aliphatic imine (C=N–C) groups is 1. The zero-order valence-electron chi connectivity index (χ0n) is 16.4. The number of fused-ring (bicyclic) bond motifs is 1. The number of aryl methyl sites for hydroxylation is 1. The second kappa shape index (κ2) is 7.67. The predicted molar refractivity (Wildman–Crippen MR) is 111 cm³/mol. The Balaban J connectivity index is 1.72. The van der Waals surface area contributed by atoms with E-state index >= 15 is 0 Å². The van der Waals surface area contributed by atoms with Gasteiger partial charge in [0.1, 0.15) is 17.4 Å². The molecule has 6 nitrogen and oxygen atoms in total. The molecule has 0 saturated heterocycles. The molecule has 0 spiro atoms. The van der Waals surface area contributed by atoms with Gasteiger partial charge in [-0.25, -0.2) is 18.7 Å². The summed E-state index contributed by atoms with van der Waals surface area (Å²) in [5.41, 5.74) is 9.25. The van der Waals surface area contributed by atoms with Crippen molar-refractivity contribution in [2.45, 2.75) is 26.2 Å². The molecular formula is C22H20F2N6. The van der Waals surface area contributed by atoms with Crippen molar-refractivity contribution < 1.29 is 8.78 Å². The molecule has 3 heterocycles. The lowest BCUT2D eigenvalue weighted by Gasteiger charge is -2.12. The average Bonchev–Trinajstić information content (AvgIpc) is 3.44. The molecule has 0 aromatic carbocycles. The first-order valence-corrected chi connectivity index (χ1v) is 9.53. The number of hydrogen-bond donors (Lipinski definition) is 1. The standard InChI is InChI=1S/C22H20F2N6/c1-14-12-30-7-4-15(8-19(30)28-14)20-18(3-2-17(10-26)29-20)16(9-25)11-27-13-22(5-6-22)21(23)24/h2-4,7-9,11-12,21H,5-6,13,25H2,1H3. The van der Waals surface area contributed by atoms with E-state index < -0.39 is 11.8 Å². The molecule has 2 N–H and O–H groups in total. The van der Waals surface area contributed by atoms with E-state index in [0.29, 0.717) is 29.7 Å². The Labute approximate surface area is 172 Å². The van der Waals surface area contributed by atoms with Crippen molar-refractivity contribution in [3.05, 3.63) is 59.8 Å². The van der Waals surface area contributed by atoms with E-state index in [1.165, 1.54) is 12.4 Å². The third-order valence-electron chi connectivity index (χ3n) is 5.35. The molecule has 3 aromatic heterocycles. The van der Waals surface area contributed by atoms with Crippen molar-refractivity contribution in [2.24, 2.45) is 16.1 Å². The van der Waals surface area contributed by atoms with Gasteiger partial charge in [0.05, 0.1) is 23.3 Å². The monoisotopic (exact) mass is 406 g/mol. The highest BCUT2D eigenvalue weighted by molar-refractivity contribution is 6.11. The molecule has 0 aliphatic heterocycles. The molecule has 1 aliphatic carbocycles. The Morgan fingerprint density at radius 3 is 2.83 bits per heavy atom. The Morgan fingerprint density at radius 2 is 2.17 bits per heavy atom. The third kappa shape index (κ3) is 3.66. The highest BCUT2D eigenvalue weighted by atomic mass is 19.3. The Hall–Kier alpha value is -3.60. The van der Waals surface area contributed by atoms with Crippen LogP contribution in [0.25, 0.3) is 22.5 Å². The number of nitrogens with two attached hydrogens (primary N) is 1. The Bertz CT molecular complexity index is 1200. The zero-order valence-corrected chi connectivity index (χ0v) is 16.4. The van der Waals surface area contributed by atoms with Gasteiger partial charge in [-0.1, -0.05) is 0 Å². The van der Waals surface area contributed by atoms with Crippen LogP contribution in [-0.4, -0.2) is 33.6 Å². The summed E-state index contributed by atoms with van der Waals surface area (Å²) >= 11 is 0. The molecule has 0 amide bonds. The highest BCUT2D eigenvalue weighted by Gasteiger charge is 2.50. The molecule has 1 saturated carbocycles. The molecule has 3 aromatic rings. The van der Waals surface area contributed by atoms with Gasteiger partial charge in [0.2, 0.25) is 6.43 Å². The van der Waals surface area contributed by atoms with Crippen LogP contribution in [0, 0.1) is 23.7 Å². The molecule has 1 fully saturated rings. The number of allylic oxidation sites excluding steroid dienone is 1. The first kappa shape index (κ1) is 19.7. The van der Waals surface area contributed by atoms with E-state index in [4.69, 9.17) is 5.73 Å². The van der Waals surface area contributed by atoms with Crippen molar-refractivity contribution in [3.63, 3.8) is 0 Å². The maximum atomic E-state index is 13.1. The van der Waals surface area contributed by atoms with Gasteiger partial charge in [-0.2, -0.15) is 5.26 Å². The van der Waals surface area contributed by atoms with Gasteiger partial charge in [0, 0.05) is 41.5 Å². The van der Waals surface area contributed by atoms with Crippen LogP contribution in [0.5, 0.6) is 0 Å². The maximum Gasteiger partial charge on any atom is 0.245 e. The van der Waals surface area contributed by atoms with Crippen LogP contribution in [-0.2, 0) is 0 Å². The van der Waals surface area contributed by atoms with E-state index in [1.54, 1.807) is 12.1 Å². The second-order valence-corrected chi connectivity index (χ2v) is 7.52. The number of aromatic nitrogens is 3.